The van der Waals surface area contributed by atoms with Gasteiger partial charge in [0.1, 0.15) is 22.7 Å². The van der Waals surface area contributed by atoms with E-state index in [1.165, 1.54) is 28.4 Å². The van der Waals surface area contributed by atoms with Gasteiger partial charge in [-0.2, -0.15) is 0 Å². The molecule has 0 radical (unpaired) electrons. The summed E-state index contributed by atoms with van der Waals surface area (Å²) in [5.74, 6) is 1.43. The zero-order valence-electron chi connectivity index (χ0n) is 14.7. The molecule has 0 spiro atoms. The van der Waals surface area contributed by atoms with E-state index in [0.29, 0.717) is 28.0 Å². The Morgan fingerprint density at radius 3 is 2.04 bits per heavy atom. The number of H-pyrrole nitrogens is 1. The van der Waals surface area contributed by atoms with Crippen molar-refractivity contribution in [3.8, 4) is 40.1 Å². The third-order valence-electron chi connectivity index (χ3n) is 3.95. The number of phenols is 1. The zero-order chi connectivity index (χ0) is 18.8. The van der Waals surface area contributed by atoms with Crippen molar-refractivity contribution in [2.24, 2.45) is 0 Å². The van der Waals surface area contributed by atoms with Crippen LogP contribution < -0.4 is 24.5 Å². The number of aromatic hydroxyl groups is 1. The summed E-state index contributed by atoms with van der Waals surface area (Å²) < 4.78 is 20.8. The molecule has 8 heteroatoms. The van der Waals surface area contributed by atoms with Gasteiger partial charge in [-0.1, -0.05) is 0 Å². The first-order valence-electron chi connectivity index (χ1n) is 7.63. The topological polar surface area (TPSA) is 103 Å². The first-order valence-corrected chi connectivity index (χ1v) is 7.63. The van der Waals surface area contributed by atoms with Gasteiger partial charge in [0.2, 0.25) is 5.75 Å². The molecule has 0 saturated heterocycles. The Labute approximate surface area is 148 Å². The van der Waals surface area contributed by atoms with Crippen LogP contribution >= 0.6 is 0 Å². The number of aromatic nitrogens is 2. The maximum atomic E-state index is 12.6. The molecule has 0 bridgehead atoms. The van der Waals surface area contributed by atoms with Crippen molar-refractivity contribution in [2.45, 2.75) is 0 Å². The van der Waals surface area contributed by atoms with Crippen molar-refractivity contribution >= 4 is 10.9 Å². The first kappa shape index (κ1) is 17.4. The lowest BCUT2D eigenvalue weighted by Crippen LogP contribution is -2.11. The molecular weight excluding hydrogens is 340 g/mol. The predicted octanol–water partition coefficient (Wildman–Crippen LogP) is 2.33. The number of nitrogens with one attached hydrogen (secondary N) is 1. The van der Waals surface area contributed by atoms with Crippen LogP contribution in [0.2, 0.25) is 0 Å². The fourth-order valence-electron chi connectivity index (χ4n) is 2.66. The minimum Gasteiger partial charge on any atom is -0.502 e. The number of phenolic OH excluding ortho intramolecular Hbond substituents is 1. The summed E-state index contributed by atoms with van der Waals surface area (Å²) in [7, 11) is 5.83. The highest BCUT2D eigenvalue weighted by atomic mass is 16.5. The summed E-state index contributed by atoms with van der Waals surface area (Å²) in [4.78, 5) is 19.8. The highest BCUT2D eigenvalue weighted by Gasteiger charge is 2.16. The van der Waals surface area contributed by atoms with Crippen LogP contribution in [0.4, 0.5) is 0 Å². The van der Waals surface area contributed by atoms with Crippen LogP contribution in [0.15, 0.2) is 29.1 Å². The molecule has 2 N–H and O–H groups in total. The molecule has 2 aromatic carbocycles. The molecule has 0 aliphatic heterocycles. The standard InChI is InChI=1S/C18H18N2O6/c1-23-10-7-11-15(12(8-10)24-2)18(22)20-17(19-11)9-5-13(25-3)16(21)14(6-9)26-4/h5-8,21H,1-4H3,(H,19,20,22). The normalized spacial score (nSPS) is 10.6. The summed E-state index contributed by atoms with van der Waals surface area (Å²) in [5.41, 5.74) is 0.554. The summed E-state index contributed by atoms with van der Waals surface area (Å²) in [5, 5.41) is 10.4. The zero-order valence-corrected chi connectivity index (χ0v) is 14.7. The molecule has 26 heavy (non-hydrogen) atoms. The van der Waals surface area contributed by atoms with E-state index >= 15 is 0 Å². The average Bonchev–Trinajstić information content (AvgIpc) is 2.66. The summed E-state index contributed by atoms with van der Waals surface area (Å²) in [6, 6.07) is 6.37. The van der Waals surface area contributed by atoms with E-state index in [1.54, 1.807) is 24.3 Å². The van der Waals surface area contributed by atoms with E-state index in [-0.39, 0.29) is 28.6 Å². The second kappa shape index (κ2) is 6.83. The third-order valence-corrected chi connectivity index (χ3v) is 3.95. The Hall–Kier alpha value is -3.42. The number of fused-ring (bicyclic) bond motifs is 1. The first-order chi connectivity index (χ1) is 12.5. The average molecular weight is 358 g/mol. The van der Waals surface area contributed by atoms with Gasteiger partial charge in [0.15, 0.2) is 11.5 Å². The highest BCUT2D eigenvalue weighted by Crippen LogP contribution is 2.39. The lowest BCUT2D eigenvalue weighted by molar-refractivity contribution is 0.340. The molecule has 3 aromatic rings. The molecule has 136 valence electrons. The number of hydrogen-bond donors (Lipinski definition) is 2. The van der Waals surface area contributed by atoms with Crippen LogP contribution in [0.1, 0.15) is 0 Å². The molecule has 1 heterocycles. The number of methoxy groups -OCH3 is 4. The smallest absolute Gasteiger partial charge is 0.262 e. The number of rotatable bonds is 5. The minimum absolute atomic E-state index is 0.134. The van der Waals surface area contributed by atoms with Crippen LogP contribution in [0, 0.1) is 0 Å². The lowest BCUT2D eigenvalue weighted by atomic mass is 10.1. The summed E-state index contributed by atoms with van der Waals surface area (Å²) in [6.07, 6.45) is 0. The predicted molar refractivity (Wildman–Crippen MR) is 95.7 cm³/mol. The highest BCUT2D eigenvalue weighted by molar-refractivity contribution is 5.87. The van der Waals surface area contributed by atoms with Gasteiger partial charge in [0, 0.05) is 17.7 Å². The molecule has 1 aromatic heterocycles. The molecule has 0 saturated carbocycles. The molecule has 0 aliphatic carbocycles. The Bertz CT molecular complexity index is 1000. The van der Waals surface area contributed by atoms with Gasteiger partial charge in [0.05, 0.1) is 34.0 Å². The Kier molecular flexibility index (Phi) is 4.57. The van der Waals surface area contributed by atoms with E-state index in [9.17, 15) is 9.90 Å². The van der Waals surface area contributed by atoms with Crippen molar-refractivity contribution in [1.29, 1.82) is 0 Å². The van der Waals surface area contributed by atoms with Crippen LogP contribution in [0.3, 0.4) is 0 Å². The fourth-order valence-corrected chi connectivity index (χ4v) is 2.66. The lowest BCUT2D eigenvalue weighted by Gasteiger charge is -2.12. The monoisotopic (exact) mass is 358 g/mol. The molecule has 0 unspecified atom stereocenters. The maximum absolute atomic E-state index is 12.6. The Morgan fingerprint density at radius 1 is 0.885 bits per heavy atom. The quantitative estimate of drug-likeness (QED) is 0.721. The van der Waals surface area contributed by atoms with Crippen molar-refractivity contribution in [2.75, 3.05) is 28.4 Å². The largest absolute Gasteiger partial charge is 0.502 e. The number of nitrogens with zero attached hydrogens (tertiary/aromatic N) is 1. The van der Waals surface area contributed by atoms with Crippen LogP contribution in [0.25, 0.3) is 22.3 Å². The minimum atomic E-state index is -0.365. The SMILES string of the molecule is COc1cc(OC)c2c(=O)[nH]c(-c3cc(OC)c(O)c(OC)c3)nc2c1. The number of hydrogen-bond acceptors (Lipinski definition) is 7. The number of benzene rings is 2. The molecular formula is C18H18N2O6. The molecule has 0 fully saturated rings. The fraction of sp³-hybridized carbons (Fsp3) is 0.222. The Morgan fingerprint density at radius 2 is 1.50 bits per heavy atom. The van der Waals surface area contributed by atoms with Crippen LogP contribution in [-0.4, -0.2) is 43.5 Å². The van der Waals surface area contributed by atoms with Crippen molar-refractivity contribution in [1.82, 2.24) is 9.97 Å². The van der Waals surface area contributed by atoms with Gasteiger partial charge in [-0.15, -0.1) is 0 Å². The van der Waals surface area contributed by atoms with Crippen molar-refractivity contribution < 1.29 is 24.1 Å². The molecule has 0 atom stereocenters. The number of aromatic amines is 1. The molecule has 8 nitrogen and oxygen atoms in total. The van der Waals surface area contributed by atoms with E-state index in [0.717, 1.165) is 0 Å². The number of ether oxygens (including phenoxy) is 4. The Balaban J connectivity index is 2.28. The summed E-state index contributed by atoms with van der Waals surface area (Å²) in [6.45, 7) is 0. The van der Waals surface area contributed by atoms with Crippen LogP contribution in [-0.2, 0) is 0 Å². The van der Waals surface area contributed by atoms with Gasteiger partial charge in [-0.25, -0.2) is 4.98 Å². The second-order valence-electron chi connectivity index (χ2n) is 5.37. The van der Waals surface area contributed by atoms with E-state index in [1.807, 2.05) is 0 Å². The van der Waals surface area contributed by atoms with E-state index in [2.05, 4.69) is 9.97 Å². The molecule has 3 rings (SSSR count). The molecule has 0 aliphatic rings. The maximum Gasteiger partial charge on any atom is 0.262 e. The van der Waals surface area contributed by atoms with Gasteiger partial charge >= 0.3 is 0 Å². The third kappa shape index (κ3) is 2.85. The second-order valence-corrected chi connectivity index (χ2v) is 5.37. The van der Waals surface area contributed by atoms with E-state index < -0.39 is 0 Å². The van der Waals surface area contributed by atoms with Crippen molar-refractivity contribution in [3.05, 3.63) is 34.6 Å². The van der Waals surface area contributed by atoms with Crippen molar-refractivity contribution in [3.63, 3.8) is 0 Å². The molecule has 0 amide bonds. The van der Waals surface area contributed by atoms with Gasteiger partial charge in [-0.3, -0.25) is 4.79 Å². The van der Waals surface area contributed by atoms with Gasteiger partial charge < -0.3 is 29.0 Å². The van der Waals surface area contributed by atoms with E-state index in [4.69, 9.17) is 18.9 Å². The van der Waals surface area contributed by atoms with Gasteiger partial charge in [-0.05, 0) is 12.1 Å². The van der Waals surface area contributed by atoms with Crippen LogP contribution in [0.5, 0.6) is 28.7 Å². The van der Waals surface area contributed by atoms with Gasteiger partial charge in [0.25, 0.3) is 5.56 Å². The summed E-state index contributed by atoms with van der Waals surface area (Å²) >= 11 is 0.